The van der Waals surface area contributed by atoms with Crippen molar-refractivity contribution in [3.05, 3.63) is 60.7 Å². The maximum atomic E-state index is 12.7. The molecule has 2 aromatic carbocycles. The van der Waals surface area contributed by atoms with Gasteiger partial charge in [-0.15, -0.1) is 0 Å². The minimum Gasteiger partial charge on any atom is -0.469 e. The van der Waals surface area contributed by atoms with Gasteiger partial charge in [0, 0.05) is 0 Å². The van der Waals surface area contributed by atoms with E-state index in [1.165, 1.54) is 17.5 Å². The maximum Gasteiger partial charge on any atom is 0.311 e. The highest BCUT2D eigenvalue weighted by Gasteiger charge is 2.68. The van der Waals surface area contributed by atoms with Crippen LogP contribution in [0.25, 0.3) is 0 Å². The quantitative estimate of drug-likeness (QED) is 0.551. The number of ether oxygens (including phenoxy) is 1. The summed E-state index contributed by atoms with van der Waals surface area (Å²) in [4.78, 5) is 12.7. The SMILES string of the molecule is COC(=O)[C@@H]1CC2C[C@]2(C)[C@@H]1O[Si](c1ccccc1)(c1ccccc1)C(C)(C)C. The van der Waals surface area contributed by atoms with Crippen LogP contribution in [0.5, 0.6) is 0 Å². The normalized spacial score (nSPS) is 28.7. The second-order valence-corrected chi connectivity index (χ2v) is 14.2. The second kappa shape index (κ2) is 7.10. The molecule has 2 fully saturated rings. The minimum atomic E-state index is -2.68. The standard InChI is InChI=1S/C25H32O3Si/c1-24(2,3)29(19-12-8-6-9-13-19,20-14-10-7-11-15-20)28-22-21(23(26)27-5)16-18-17-25(18,22)4/h6-15,18,21-22H,16-17H2,1-5H3/t18?,21-,22-,25+/m1/s1. The third-order valence-electron chi connectivity index (χ3n) is 7.24. The molecule has 0 bridgehead atoms. The Labute approximate surface area is 175 Å². The average molecular weight is 409 g/mol. The Bertz CT molecular complexity index is 834. The van der Waals surface area contributed by atoms with E-state index in [1.807, 2.05) is 0 Å². The number of fused-ring (bicyclic) bond motifs is 1. The molecule has 0 radical (unpaired) electrons. The van der Waals surface area contributed by atoms with E-state index in [9.17, 15) is 4.79 Å². The molecule has 2 aromatic rings. The zero-order valence-corrected chi connectivity index (χ0v) is 19.1. The molecule has 0 heterocycles. The summed E-state index contributed by atoms with van der Waals surface area (Å²) < 4.78 is 12.6. The van der Waals surface area contributed by atoms with Crippen LogP contribution in [0.2, 0.25) is 5.04 Å². The third kappa shape index (κ3) is 3.17. The predicted octanol–water partition coefficient (Wildman–Crippen LogP) is 4.15. The molecule has 3 nitrogen and oxygen atoms in total. The zero-order valence-electron chi connectivity index (χ0n) is 18.1. The van der Waals surface area contributed by atoms with Gasteiger partial charge in [0.1, 0.15) is 0 Å². The molecular weight excluding hydrogens is 376 g/mol. The van der Waals surface area contributed by atoms with Crippen molar-refractivity contribution in [3.8, 4) is 0 Å². The molecule has 0 aromatic heterocycles. The molecule has 0 aliphatic heterocycles. The molecule has 2 aliphatic carbocycles. The molecule has 4 atom stereocenters. The molecular formula is C25H32O3Si. The molecule has 0 saturated heterocycles. The number of hydrogen-bond acceptors (Lipinski definition) is 3. The lowest BCUT2D eigenvalue weighted by Crippen LogP contribution is -2.68. The first-order valence-corrected chi connectivity index (χ1v) is 12.5. The van der Waals surface area contributed by atoms with Gasteiger partial charge in [0.2, 0.25) is 0 Å². The van der Waals surface area contributed by atoms with E-state index >= 15 is 0 Å². The van der Waals surface area contributed by atoms with E-state index in [0.717, 1.165) is 12.8 Å². The molecule has 1 unspecified atom stereocenters. The number of benzene rings is 2. The van der Waals surface area contributed by atoms with Crippen LogP contribution in [0, 0.1) is 17.3 Å². The fourth-order valence-electron chi connectivity index (χ4n) is 5.53. The van der Waals surface area contributed by atoms with Crippen LogP contribution < -0.4 is 10.4 Å². The number of hydrogen-bond donors (Lipinski definition) is 0. The van der Waals surface area contributed by atoms with Gasteiger partial charge in [0.05, 0.1) is 19.1 Å². The second-order valence-electron chi connectivity index (χ2n) is 9.97. The number of carbonyl (C=O) groups is 1. The Morgan fingerprint density at radius 2 is 1.52 bits per heavy atom. The van der Waals surface area contributed by atoms with E-state index in [2.05, 4.69) is 88.4 Å². The highest BCUT2D eigenvalue weighted by molar-refractivity contribution is 6.99. The van der Waals surface area contributed by atoms with Crippen LogP contribution in [0.15, 0.2) is 60.7 Å². The molecule has 0 amide bonds. The van der Waals surface area contributed by atoms with Gasteiger partial charge in [-0.2, -0.15) is 0 Å². The van der Waals surface area contributed by atoms with Crippen molar-refractivity contribution in [2.75, 3.05) is 7.11 Å². The number of esters is 1. The number of methoxy groups -OCH3 is 1. The van der Waals surface area contributed by atoms with Crippen molar-refractivity contribution in [1.29, 1.82) is 0 Å². The van der Waals surface area contributed by atoms with Gasteiger partial charge in [0.25, 0.3) is 8.32 Å². The Balaban J connectivity index is 1.88. The molecule has 2 aliphatic rings. The molecule has 29 heavy (non-hydrogen) atoms. The third-order valence-corrected chi connectivity index (χ3v) is 12.2. The van der Waals surface area contributed by atoms with E-state index in [0.29, 0.717) is 5.92 Å². The first-order valence-electron chi connectivity index (χ1n) is 10.6. The largest absolute Gasteiger partial charge is 0.469 e. The van der Waals surface area contributed by atoms with Crippen LogP contribution >= 0.6 is 0 Å². The Morgan fingerprint density at radius 3 is 1.97 bits per heavy atom. The van der Waals surface area contributed by atoms with Crippen molar-refractivity contribution in [2.45, 2.75) is 51.7 Å². The van der Waals surface area contributed by atoms with E-state index < -0.39 is 8.32 Å². The molecule has 0 N–H and O–H groups in total. The van der Waals surface area contributed by atoms with Crippen LogP contribution in [0.3, 0.4) is 0 Å². The summed E-state index contributed by atoms with van der Waals surface area (Å²) in [5.74, 6) is 0.265. The smallest absolute Gasteiger partial charge is 0.311 e. The molecule has 0 spiro atoms. The van der Waals surface area contributed by atoms with Crippen LogP contribution in [-0.2, 0) is 14.0 Å². The Kier molecular flexibility index (Phi) is 4.99. The summed E-state index contributed by atoms with van der Waals surface area (Å²) in [5.41, 5.74) is 0.0753. The monoisotopic (exact) mass is 408 g/mol. The fourth-order valence-corrected chi connectivity index (χ4v) is 10.4. The van der Waals surface area contributed by atoms with Crippen LogP contribution in [0.1, 0.15) is 40.5 Å². The zero-order chi connectivity index (χ0) is 20.9. The van der Waals surface area contributed by atoms with Gasteiger partial charge in [-0.3, -0.25) is 4.79 Å². The molecule has 4 heteroatoms. The fraction of sp³-hybridized carbons (Fsp3) is 0.480. The van der Waals surface area contributed by atoms with Gasteiger partial charge >= 0.3 is 5.97 Å². The van der Waals surface area contributed by atoms with Crippen molar-refractivity contribution in [3.63, 3.8) is 0 Å². The molecule has 2 saturated carbocycles. The summed E-state index contributed by atoms with van der Waals surface area (Å²) in [6.07, 6.45) is 1.92. The first kappa shape index (κ1) is 20.4. The summed E-state index contributed by atoms with van der Waals surface area (Å²) in [6, 6.07) is 21.3. The molecule has 4 rings (SSSR count). The lowest BCUT2D eigenvalue weighted by atomic mass is 9.95. The van der Waals surface area contributed by atoms with E-state index in [4.69, 9.17) is 9.16 Å². The maximum absolute atomic E-state index is 12.7. The minimum absolute atomic E-state index is 0.0753. The van der Waals surface area contributed by atoms with Crippen molar-refractivity contribution in [1.82, 2.24) is 0 Å². The van der Waals surface area contributed by atoms with Crippen molar-refractivity contribution >= 4 is 24.7 Å². The Hall–Kier alpha value is -1.91. The van der Waals surface area contributed by atoms with Crippen molar-refractivity contribution in [2.24, 2.45) is 17.3 Å². The van der Waals surface area contributed by atoms with Crippen LogP contribution in [-0.4, -0.2) is 27.5 Å². The van der Waals surface area contributed by atoms with E-state index in [-0.39, 0.29) is 28.4 Å². The summed E-state index contributed by atoms with van der Waals surface area (Å²) in [7, 11) is -1.19. The highest BCUT2D eigenvalue weighted by Crippen LogP contribution is 2.67. The predicted molar refractivity (Wildman–Crippen MR) is 119 cm³/mol. The first-order chi connectivity index (χ1) is 13.7. The van der Waals surface area contributed by atoms with Crippen molar-refractivity contribution < 1.29 is 14.0 Å². The summed E-state index contributed by atoms with van der Waals surface area (Å²) in [6.45, 7) is 9.15. The summed E-state index contributed by atoms with van der Waals surface area (Å²) >= 11 is 0. The lowest BCUT2D eigenvalue weighted by Gasteiger charge is -2.46. The van der Waals surface area contributed by atoms with E-state index in [1.54, 1.807) is 0 Å². The molecule has 154 valence electrons. The van der Waals surface area contributed by atoms with Gasteiger partial charge in [-0.25, -0.2) is 0 Å². The van der Waals surface area contributed by atoms with Gasteiger partial charge in [0.15, 0.2) is 0 Å². The van der Waals surface area contributed by atoms with Gasteiger partial charge < -0.3 is 9.16 Å². The van der Waals surface area contributed by atoms with Gasteiger partial charge in [-0.1, -0.05) is 88.4 Å². The highest BCUT2D eigenvalue weighted by atomic mass is 28.4. The number of rotatable bonds is 5. The van der Waals surface area contributed by atoms with Crippen LogP contribution in [0.4, 0.5) is 0 Å². The van der Waals surface area contributed by atoms with Gasteiger partial charge in [-0.05, 0) is 39.6 Å². The average Bonchev–Trinajstić information content (AvgIpc) is 3.29. The summed E-state index contributed by atoms with van der Waals surface area (Å²) in [5, 5.41) is 2.42. The topological polar surface area (TPSA) is 35.5 Å². The Morgan fingerprint density at radius 1 is 1.00 bits per heavy atom. The number of carbonyl (C=O) groups excluding carboxylic acids is 1. The lowest BCUT2D eigenvalue weighted by molar-refractivity contribution is -0.149.